The molecule has 138 valence electrons. The number of carbonyl (C=O) groups is 1. The normalized spacial score (nSPS) is 22.9. The van der Waals surface area contributed by atoms with E-state index in [0.717, 1.165) is 35.8 Å². The lowest BCUT2D eigenvalue weighted by Crippen LogP contribution is -2.45. The molecule has 1 amide bonds. The Morgan fingerprint density at radius 2 is 2.00 bits per heavy atom. The van der Waals surface area contributed by atoms with Gasteiger partial charge in [0.1, 0.15) is 6.33 Å². The number of benzene rings is 1. The molecule has 0 bridgehead atoms. The predicted octanol–water partition coefficient (Wildman–Crippen LogP) is 3.71. The molecule has 6 heteroatoms. The molecule has 0 unspecified atom stereocenters. The number of para-hydroxylation sites is 1. The zero-order valence-electron chi connectivity index (χ0n) is 15.3. The summed E-state index contributed by atoms with van der Waals surface area (Å²) >= 11 is 1.49. The molecule has 2 aliphatic rings. The van der Waals surface area contributed by atoms with Crippen LogP contribution < -0.4 is 0 Å². The van der Waals surface area contributed by atoms with Crippen LogP contribution in [0.15, 0.2) is 35.7 Å². The van der Waals surface area contributed by atoms with E-state index >= 15 is 0 Å². The SMILES string of the molecule is Cc1ccccc1-n1cnnc1SCC(=O)N1CC[C@H]2CCCC[C@H]2C1. The number of fused-ring (bicyclic) bond motifs is 1. The van der Waals surface area contributed by atoms with Gasteiger partial charge in [-0.05, 0) is 43.2 Å². The molecular formula is C20H26N4OS. The van der Waals surface area contributed by atoms with Crippen LogP contribution in [0.25, 0.3) is 5.69 Å². The number of carbonyl (C=O) groups excluding carboxylic acids is 1. The Bertz CT molecular complexity index is 775. The average molecular weight is 371 g/mol. The van der Waals surface area contributed by atoms with Crippen LogP contribution in [0.3, 0.4) is 0 Å². The lowest BCUT2D eigenvalue weighted by Gasteiger charge is -2.41. The minimum Gasteiger partial charge on any atom is -0.342 e. The summed E-state index contributed by atoms with van der Waals surface area (Å²) in [4.78, 5) is 14.8. The van der Waals surface area contributed by atoms with Crippen LogP contribution in [0.1, 0.15) is 37.7 Å². The van der Waals surface area contributed by atoms with Gasteiger partial charge in [0.05, 0.1) is 11.4 Å². The fourth-order valence-electron chi connectivity index (χ4n) is 4.37. The van der Waals surface area contributed by atoms with Crippen molar-refractivity contribution in [3.05, 3.63) is 36.2 Å². The van der Waals surface area contributed by atoms with E-state index in [1.54, 1.807) is 6.33 Å². The summed E-state index contributed by atoms with van der Waals surface area (Å²) in [5.41, 5.74) is 2.23. The minimum atomic E-state index is 0.235. The summed E-state index contributed by atoms with van der Waals surface area (Å²) in [6.45, 7) is 3.95. The van der Waals surface area contributed by atoms with Crippen molar-refractivity contribution in [1.29, 1.82) is 0 Å². The Labute approximate surface area is 159 Å². The van der Waals surface area contributed by atoms with Crippen molar-refractivity contribution in [3.63, 3.8) is 0 Å². The lowest BCUT2D eigenvalue weighted by atomic mass is 9.75. The molecule has 1 aliphatic heterocycles. The molecule has 2 atom stereocenters. The van der Waals surface area contributed by atoms with Gasteiger partial charge in [-0.15, -0.1) is 10.2 Å². The summed E-state index contributed by atoms with van der Waals surface area (Å²) in [6, 6.07) is 8.16. The van der Waals surface area contributed by atoms with Crippen molar-refractivity contribution in [2.24, 2.45) is 11.8 Å². The molecule has 2 fully saturated rings. The van der Waals surface area contributed by atoms with Gasteiger partial charge < -0.3 is 4.90 Å². The molecule has 5 nitrogen and oxygen atoms in total. The fraction of sp³-hybridized carbons (Fsp3) is 0.550. The van der Waals surface area contributed by atoms with E-state index in [2.05, 4.69) is 34.2 Å². The number of hydrogen-bond donors (Lipinski definition) is 0. The van der Waals surface area contributed by atoms with Gasteiger partial charge in [-0.25, -0.2) is 0 Å². The summed E-state index contributed by atoms with van der Waals surface area (Å²) in [5.74, 6) is 2.24. The second-order valence-corrected chi connectivity index (χ2v) is 8.43. The van der Waals surface area contributed by atoms with Crippen LogP contribution in [0.5, 0.6) is 0 Å². The van der Waals surface area contributed by atoms with E-state index in [1.807, 2.05) is 16.7 Å². The number of aryl methyl sites for hydroxylation is 1. The van der Waals surface area contributed by atoms with E-state index < -0.39 is 0 Å². The third-order valence-corrected chi connectivity index (χ3v) is 6.79. The highest BCUT2D eigenvalue weighted by Crippen LogP contribution is 2.36. The molecule has 1 saturated carbocycles. The third kappa shape index (κ3) is 3.65. The Balaban J connectivity index is 1.38. The molecule has 2 aromatic rings. The Morgan fingerprint density at radius 3 is 2.85 bits per heavy atom. The topological polar surface area (TPSA) is 51.0 Å². The van der Waals surface area contributed by atoms with Crippen molar-refractivity contribution in [2.75, 3.05) is 18.8 Å². The van der Waals surface area contributed by atoms with Gasteiger partial charge in [-0.3, -0.25) is 9.36 Å². The molecule has 2 heterocycles. The van der Waals surface area contributed by atoms with E-state index in [9.17, 15) is 4.79 Å². The second-order valence-electron chi connectivity index (χ2n) is 7.49. The molecule has 26 heavy (non-hydrogen) atoms. The smallest absolute Gasteiger partial charge is 0.233 e. The number of piperidine rings is 1. The van der Waals surface area contributed by atoms with Gasteiger partial charge in [-0.1, -0.05) is 49.2 Å². The predicted molar refractivity (Wildman–Crippen MR) is 103 cm³/mol. The van der Waals surface area contributed by atoms with Gasteiger partial charge in [-0.2, -0.15) is 0 Å². The lowest BCUT2D eigenvalue weighted by molar-refractivity contribution is -0.131. The summed E-state index contributed by atoms with van der Waals surface area (Å²) < 4.78 is 1.97. The van der Waals surface area contributed by atoms with Crippen LogP contribution >= 0.6 is 11.8 Å². The first-order valence-corrected chi connectivity index (χ1v) is 10.6. The Kier molecular flexibility index (Phi) is 5.29. The maximum absolute atomic E-state index is 12.7. The molecular weight excluding hydrogens is 344 g/mol. The van der Waals surface area contributed by atoms with Gasteiger partial charge >= 0.3 is 0 Å². The molecule has 4 rings (SSSR count). The molecule has 1 aliphatic carbocycles. The summed E-state index contributed by atoms with van der Waals surface area (Å²) in [7, 11) is 0. The van der Waals surface area contributed by atoms with Crippen LogP contribution in [0.2, 0.25) is 0 Å². The monoisotopic (exact) mass is 370 g/mol. The van der Waals surface area contributed by atoms with E-state index in [1.165, 1.54) is 49.4 Å². The van der Waals surface area contributed by atoms with Crippen molar-refractivity contribution in [3.8, 4) is 5.69 Å². The summed E-state index contributed by atoms with van der Waals surface area (Å²) in [6.07, 6.45) is 8.27. The molecule has 1 aromatic carbocycles. The maximum atomic E-state index is 12.7. The Morgan fingerprint density at radius 1 is 1.19 bits per heavy atom. The molecule has 0 N–H and O–H groups in total. The van der Waals surface area contributed by atoms with E-state index in [-0.39, 0.29) is 5.91 Å². The second kappa shape index (κ2) is 7.82. The standard InChI is InChI=1S/C20H26N4OS/c1-15-6-2-5-9-18(15)24-14-21-22-20(24)26-13-19(25)23-11-10-16-7-3-4-8-17(16)12-23/h2,5-6,9,14,16-17H,3-4,7-8,10-13H2,1H3/t16-,17+/m1/s1. The zero-order valence-corrected chi connectivity index (χ0v) is 16.1. The number of hydrogen-bond acceptors (Lipinski definition) is 4. The van der Waals surface area contributed by atoms with Gasteiger partial charge in [0.15, 0.2) is 5.16 Å². The fourth-order valence-corrected chi connectivity index (χ4v) is 5.19. The first-order valence-electron chi connectivity index (χ1n) is 9.59. The van der Waals surface area contributed by atoms with Gasteiger partial charge in [0.2, 0.25) is 5.91 Å². The first-order chi connectivity index (χ1) is 12.7. The van der Waals surface area contributed by atoms with E-state index in [4.69, 9.17) is 0 Å². The number of amides is 1. The number of thioether (sulfide) groups is 1. The van der Waals surface area contributed by atoms with Gasteiger partial charge in [0, 0.05) is 13.1 Å². The van der Waals surface area contributed by atoms with Crippen molar-refractivity contribution < 1.29 is 4.79 Å². The highest BCUT2D eigenvalue weighted by atomic mass is 32.2. The number of nitrogens with zero attached hydrogens (tertiary/aromatic N) is 4. The molecule has 1 aromatic heterocycles. The quantitative estimate of drug-likeness (QED) is 0.770. The van der Waals surface area contributed by atoms with Crippen molar-refractivity contribution in [2.45, 2.75) is 44.2 Å². The Hall–Kier alpha value is -1.82. The van der Waals surface area contributed by atoms with E-state index in [0.29, 0.717) is 5.75 Å². The highest BCUT2D eigenvalue weighted by Gasteiger charge is 2.32. The van der Waals surface area contributed by atoms with Crippen LogP contribution in [-0.2, 0) is 4.79 Å². The van der Waals surface area contributed by atoms with Crippen molar-refractivity contribution in [1.82, 2.24) is 19.7 Å². The molecule has 0 spiro atoms. The zero-order chi connectivity index (χ0) is 17.9. The van der Waals surface area contributed by atoms with Crippen LogP contribution in [-0.4, -0.2) is 44.4 Å². The summed E-state index contributed by atoms with van der Waals surface area (Å²) in [5, 5.41) is 9.05. The van der Waals surface area contributed by atoms with Gasteiger partial charge in [0.25, 0.3) is 0 Å². The van der Waals surface area contributed by atoms with Crippen LogP contribution in [0, 0.1) is 18.8 Å². The number of rotatable bonds is 4. The molecule has 0 radical (unpaired) electrons. The molecule has 1 saturated heterocycles. The third-order valence-electron chi connectivity index (χ3n) is 5.86. The number of aromatic nitrogens is 3. The number of likely N-dealkylation sites (tertiary alicyclic amines) is 1. The van der Waals surface area contributed by atoms with Crippen molar-refractivity contribution >= 4 is 17.7 Å². The average Bonchev–Trinajstić information content (AvgIpc) is 3.14. The van der Waals surface area contributed by atoms with Crippen LogP contribution in [0.4, 0.5) is 0 Å². The first kappa shape index (κ1) is 17.6. The minimum absolute atomic E-state index is 0.235. The largest absolute Gasteiger partial charge is 0.342 e. The maximum Gasteiger partial charge on any atom is 0.233 e. The highest BCUT2D eigenvalue weighted by molar-refractivity contribution is 7.99.